The van der Waals surface area contributed by atoms with Crippen LogP contribution in [0.1, 0.15) is 31.7 Å². The molecule has 1 unspecified atom stereocenters. The predicted molar refractivity (Wildman–Crippen MR) is 96.2 cm³/mol. The van der Waals surface area contributed by atoms with E-state index in [-0.39, 0.29) is 0 Å². The van der Waals surface area contributed by atoms with Crippen molar-refractivity contribution in [3.63, 3.8) is 0 Å². The molecule has 0 aromatic heterocycles. The lowest BCUT2D eigenvalue weighted by molar-refractivity contribution is -0.153. The van der Waals surface area contributed by atoms with E-state index in [0.717, 1.165) is 41.3 Å². The lowest BCUT2D eigenvalue weighted by Gasteiger charge is -2.39. The number of nitrogens with zero attached hydrogens (tertiary/aromatic N) is 1. The van der Waals surface area contributed by atoms with Gasteiger partial charge < -0.3 is 14.6 Å². The third-order valence-electron chi connectivity index (χ3n) is 4.97. The van der Waals surface area contributed by atoms with Gasteiger partial charge in [-0.05, 0) is 44.2 Å². The molecule has 2 rings (SSSR count). The Kier molecular flexibility index (Phi) is 6.40. The Morgan fingerprint density at radius 3 is 2.58 bits per heavy atom. The van der Waals surface area contributed by atoms with Crippen LogP contribution in [-0.2, 0) is 11.3 Å². The Balaban J connectivity index is 2.25. The highest BCUT2D eigenvalue weighted by molar-refractivity contribution is 7.98. The van der Waals surface area contributed by atoms with Gasteiger partial charge >= 0.3 is 5.97 Å². The van der Waals surface area contributed by atoms with Gasteiger partial charge in [-0.2, -0.15) is 0 Å². The molecule has 6 heteroatoms. The molecule has 0 saturated carbocycles. The average molecular weight is 353 g/mol. The minimum Gasteiger partial charge on any atom is -0.496 e. The molecule has 1 N–H and O–H groups in total. The fourth-order valence-electron chi connectivity index (χ4n) is 3.43. The normalized spacial score (nSPS) is 21.5. The molecule has 1 atom stereocenters. The summed E-state index contributed by atoms with van der Waals surface area (Å²) >= 11 is 1.62. The number of likely N-dealkylation sites (tertiary alicyclic amines) is 1. The van der Waals surface area contributed by atoms with Crippen molar-refractivity contribution in [3.05, 3.63) is 17.7 Å². The van der Waals surface area contributed by atoms with Crippen molar-refractivity contribution < 1.29 is 19.4 Å². The number of piperidine rings is 1. The number of rotatable bonds is 7. The van der Waals surface area contributed by atoms with E-state index >= 15 is 0 Å². The number of ether oxygens (including phenoxy) is 2. The number of carboxylic acid groups (broad SMARTS) is 1. The van der Waals surface area contributed by atoms with Gasteiger partial charge in [0, 0.05) is 18.7 Å². The summed E-state index contributed by atoms with van der Waals surface area (Å²) in [5, 5.41) is 9.65. The molecule has 0 amide bonds. The molecule has 1 aliphatic heterocycles. The molecular weight excluding hydrogens is 326 g/mol. The molecule has 1 aliphatic rings. The van der Waals surface area contributed by atoms with Crippen LogP contribution in [0.4, 0.5) is 0 Å². The molecule has 0 radical (unpaired) electrons. The number of hydrogen-bond acceptors (Lipinski definition) is 5. The van der Waals surface area contributed by atoms with E-state index in [1.54, 1.807) is 26.0 Å². The largest absolute Gasteiger partial charge is 0.496 e. The van der Waals surface area contributed by atoms with Crippen LogP contribution in [0.3, 0.4) is 0 Å². The summed E-state index contributed by atoms with van der Waals surface area (Å²) in [5.41, 5.74) is 0.402. The Bertz CT molecular complexity index is 593. The third-order valence-corrected chi connectivity index (χ3v) is 5.73. The first kappa shape index (κ1) is 18.9. The molecule has 1 aromatic rings. The molecule has 1 heterocycles. The van der Waals surface area contributed by atoms with Crippen LogP contribution in [0.2, 0.25) is 0 Å². The highest BCUT2D eigenvalue weighted by atomic mass is 32.2. The summed E-state index contributed by atoms with van der Waals surface area (Å²) in [6, 6.07) is 4.00. The van der Waals surface area contributed by atoms with E-state index < -0.39 is 11.4 Å². The van der Waals surface area contributed by atoms with Crippen LogP contribution in [0.5, 0.6) is 11.5 Å². The van der Waals surface area contributed by atoms with Crippen molar-refractivity contribution in [3.8, 4) is 11.5 Å². The first-order valence-electron chi connectivity index (χ1n) is 8.24. The third kappa shape index (κ3) is 3.81. The quantitative estimate of drug-likeness (QED) is 0.757. The van der Waals surface area contributed by atoms with Crippen LogP contribution in [0, 0.1) is 5.41 Å². The minimum absolute atomic E-state index is 0.578. The van der Waals surface area contributed by atoms with Gasteiger partial charge in [0.05, 0.1) is 24.5 Å². The van der Waals surface area contributed by atoms with E-state index in [4.69, 9.17) is 9.47 Å². The number of aliphatic carboxylic acids is 1. The smallest absolute Gasteiger partial charge is 0.310 e. The summed E-state index contributed by atoms with van der Waals surface area (Å²) in [6.07, 6.45) is 4.32. The molecule has 0 aliphatic carbocycles. The van der Waals surface area contributed by atoms with Crippen molar-refractivity contribution in [2.75, 3.05) is 33.6 Å². The molecule has 1 saturated heterocycles. The number of methoxy groups -OCH3 is 2. The predicted octanol–water partition coefficient (Wildman–Crippen LogP) is 3.50. The van der Waals surface area contributed by atoms with Gasteiger partial charge in [-0.15, -0.1) is 11.8 Å². The summed E-state index contributed by atoms with van der Waals surface area (Å²) in [4.78, 5) is 15.0. The zero-order valence-corrected chi connectivity index (χ0v) is 15.7. The molecule has 5 nitrogen and oxygen atoms in total. The highest BCUT2D eigenvalue weighted by Gasteiger charge is 2.40. The maximum atomic E-state index is 11.7. The molecule has 0 spiro atoms. The van der Waals surface area contributed by atoms with E-state index in [1.807, 2.05) is 25.3 Å². The lowest BCUT2D eigenvalue weighted by Crippen LogP contribution is -2.47. The average Bonchev–Trinajstić information content (AvgIpc) is 2.61. The van der Waals surface area contributed by atoms with Crippen LogP contribution in [0.25, 0.3) is 0 Å². The summed E-state index contributed by atoms with van der Waals surface area (Å²) < 4.78 is 11.0. The van der Waals surface area contributed by atoms with Crippen molar-refractivity contribution >= 4 is 17.7 Å². The first-order chi connectivity index (χ1) is 11.5. The van der Waals surface area contributed by atoms with Crippen LogP contribution >= 0.6 is 11.8 Å². The van der Waals surface area contributed by atoms with Crippen molar-refractivity contribution in [1.29, 1.82) is 0 Å². The van der Waals surface area contributed by atoms with E-state index in [9.17, 15) is 9.90 Å². The number of thioether (sulfide) groups is 1. The molecule has 134 valence electrons. The zero-order valence-electron chi connectivity index (χ0n) is 14.9. The van der Waals surface area contributed by atoms with Crippen LogP contribution in [-0.4, -0.2) is 49.5 Å². The van der Waals surface area contributed by atoms with Crippen molar-refractivity contribution in [2.24, 2.45) is 5.41 Å². The zero-order chi connectivity index (χ0) is 17.7. The minimum atomic E-state index is -0.683. The number of carboxylic acids is 1. The van der Waals surface area contributed by atoms with E-state index in [0.29, 0.717) is 19.5 Å². The fraction of sp³-hybridized carbons (Fsp3) is 0.611. The maximum Gasteiger partial charge on any atom is 0.310 e. The van der Waals surface area contributed by atoms with Crippen LogP contribution in [0.15, 0.2) is 17.0 Å². The number of hydrogen-bond donors (Lipinski definition) is 1. The molecule has 1 fully saturated rings. The standard InChI is InChI=1S/C18H27NO4S/c1-5-18(17(20)21)7-6-8-19(12-18)11-13-9-15(23-3)16(24-4)10-14(13)22-2/h9-10H,5-8,11-12H2,1-4H3,(H,20,21). The van der Waals surface area contributed by atoms with Crippen molar-refractivity contribution in [2.45, 2.75) is 37.6 Å². The summed E-state index contributed by atoms with van der Waals surface area (Å²) in [6.45, 7) is 4.12. The van der Waals surface area contributed by atoms with Gasteiger partial charge in [-0.3, -0.25) is 9.69 Å². The van der Waals surface area contributed by atoms with Gasteiger partial charge in [-0.25, -0.2) is 0 Å². The van der Waals surface area contributed by atoms with Gasteiger partial charge in [-0.1, -0.05) is 6.92 Å². The number of benzene rings is 1. The van der Waals surface area contributed by atoms with Crippen LogP contribution < -0.4 is 9.47 Å². The molecule has 1 aromatic carbocycles. The topological polar surface area (TPSA) is 59.0 Å². The second-order valence-corrected chi connectivity index (χ2v) is 7.12. The van der Waals surface area contributed by atoms with E-state index in [1.165, 1.54) is 0 Å². The fourth-order valence-corrected chi connectivity index (χ4v) is 4.00. The van der Waals surface area contributed by atoms with Gasteiger partial charge in [0.1, 0.15) is 11.5 Å². The Labute approximate surface area is 148 Å². The first-order valence-corrected chi connectivity index (χ1v) is 9.46. The Morgan fingerprint density at radius 2 is 2.04 bits per heavy atom. The number of carbonyl (C=O) groups is 1. The molecule has 0 bridgehead atoms. The Hall–Kier alpha value is -1.40. The van der Waals surface area contributed by atoms with E-state index in [2.05, 4.69) is 4.90 Å². The van der Waals surface area contributed by atoms with Gasteiger partial charge in [0.2, 0.25) is 0 Å². The van der Waals surface area contributed by atoms with Crippen molar-refractivity contribution in [1.82, 2.24) is 4.90 Å². The maximum absolute atomic E-state index is 11.7. The Morgan fingerprint density at radius 1 is 1.33 bits per heavy atom. The SMILES string of the molecule is CCC1(C(=O)O)CCCN(Cc2cc(OC)c(SC)cc2OC)C1. The second-order valence-electron chi connectivity index (χ2n) is 6.27. The summed E-state index contributed by atoms with van der Waals surface area (Å²) in [5.74, 6) is 0.968. The lowest BCUT2D eigenvalue weighted by atomic mass is 9.77. The summed E-state index contributed by atoms with van der Waals surface area (Å²) in [7, 11) is 3.33. The molecule has 24 heavy (non-hydrogen) atoms. The van der Waals surface area contributed by atoms with Gasteiger partial charge in [0.25, 0.3) is 0 Å². The highest BCUT2D eigenvalue weighted by Crippen LogP contribution is 2.38. The molecular formula is C18H27NO4S. The monoisotopic (exact) mass is 353 g/mol. The second kappa shape index (κ2) is 8.12. The van der Waals surface area contributed by atoms with Gasteiger partial charge in [0.15, 0.2) is 0 Å².